The van der Waals surface area contributed by atoms with Crippen molar-refractivity contribution in [2.75, 3.05) is 50.2 Å². The first-order valence-corrected chi connectivity index (χ1v) is 50.7. The van der Waals surface area contributed by atoms with E-state index in [1.54, 1.807) is 98.1 Å². The molecule has 3 saturated carbocycles. The summed E-state index contributed by atoms with van der Waals surface area (Å²) in [5.41, 5.74) is 11.8. The van der Waals surface area contributed by atoms with Gasteiger partial charge in [-0.15, -0.1) is 34.0 Å². The van der Waals surface area contributed by atoms with E-state index >= 15 is 0 Å². The number of hydrogen-bond donors (Lipinski definition) is 3. The van der Waals surface area contributed by atoms with Crippen LogP contribution in [0.5, 0.6) is 17.2 Å². The van der Waals surface area contributed by atoms with Crippen molar-refractivity contribution in [3.05, 3.63) is 140 Å². The number of methoxy groups -OCH3 is 4. The van der Waals surface area contributed by atoms with E-state index in [9.17, 15) is 29.4 Å². The molecule has 0 spiro atoms. The first kappa shape index (κ1) is 106. The van der Waals surface area contributed by atoms with Gasteiger partial charge in [0.05, 0.1) is 55.8 Å². The van der Waals surface area contributed by atoms with Crippen LogP contribution >= 0.6 is 34.0 Å². The van der Waals surface area contributed by atoms with Gasteiger partial charge in [0.2, 0.25) is 0 Å². The van der Waals surface area contributed by atoms with E-state index in [-0.39, 0.29) is 67.4 Å². The molecule has 6 aromatic heterocycles. The minimum absolute atomic E-state index is 0. The Labute approximate surface area is 829 Å². The van der Waals surface area contributed by atoms with Crippen molar-refractivity contribution < 1.29 is 103 Å². The molecule has 6 atom stereocenters. The average molecular weight is 1910 g/mol. The molecule has 15 rings (SSSR count). The van der Waals surface area contributed by atoms with Crippen LogP contribution in [0.25, 0.3) is 30.6 Å². The van der Waals surface area contributed by atoms with Gasteiger partial charge < -0.3 is 79.6 Å². The van der Waals surface area contributed by atoms with E-state index in [1.807, 2.05) is 115 Å². The Morgan fingerprint density at radius 1 is 0.433 bits per heavy atom. The van der Waals surface area contributed by atoms with E-state index < -0.39 is 34.7 Å². The minimum atomic E-state index is -1.06. The van der Waals surface area contributed by atoms with Crippen molar-refractivity contribution in [1.29, 1.82) is 0 Å². The number of ether oxygens (including phenoxy) is 9. The van der Waals surface area contributed by atoms with Gasteiger partial charge in [0.1, 0.15) is 90.6 Å². The molecule has 3 unspecified atom stereocenters. The van der Waals surface area contributed by atoms with Crippen molar-refractivity contribution in [3.8, 4) is 17.2 Å². The molecule has 4 N–H and O–H groups in total. The summed E-state index contributed by atoms with van der Waals surface area (Å²) < 4.78 is 47.1. The van der Waals surface area contributed by atoms with E-state index in [4.69, 9.17) is 68.5 Å². The number of hydrogen-bond acceptors (Lipinski definition) is 28. The number of aryl methyl sites for hydroxylation is 3. The zero-order valence-corrected chi connectivity index (χ0v) is 87.8. The summed E-state index contributed by atoms with van der Waals surface area (Å²) in [6.45, 7) is 30.1. The molecule has 26 nitrogen and oxygen atoms in total. The van der Waals surface area contributed by atoms with Crippen molar-refractivity contribution >= 4 is 106 Å². The Kier molecular flexibility index (Phi) is 38.1. The number of esters is 1. The smallest absolute Gasteiger partial charge is 1.00 e. The van der Waals surface area contributed by atoms with Gasteiger partial charge in [-0.1, -0.05) is 57.2 Å². The first-order valence-electron chi connectivity index (χ1n) is 48.3. The molecule has 134 heavy (non-hydrogen) atoms. The molecule has 30 heteroatoms. The Balaban J connectivity index is 0.000000194. The summed E-state index contributed by atoms with van der Waals surface area (Å²) in [5.74, 6) is 7.11. The number of benzene rings is 3. The fourth-order valence-corrected chi connectivity index (χ4v) is 23.4. The zero-order valence-electron chi connectivity index (χ0n) is 84.4. The van der Waals surface area contributed by atoms with Crippen LogP contribution in [0.15, 0.2) is 91.8 Å². The quantitative estimate of drug-likeness (QED) is 0.0178. The maximum Gasteiger partial charge on any atom is 1.00 e. The largest absolute Gasteiger partial charge is 1.00 e. The van der Waals surface area contributed by atoms with Crippen LogP contribution in [0.2, 0.25) is 0 Å². The third kappa shape index (κ3) is 28.8. The summed E-state index contributed by atoms with van der Waals surface area (Å²) in [6.07, 6.45) is 26.8. The zero-order chi connectivity index (χ0) is 95.8. The van der Waals surface area contributed by atoms with Gasteiger partial charge in [-0.2, -0.15) is 0 Å². The van der Waals surface area contributed by atoms with Gasteiger partial charge >= 0.3 is 53.9 Å². The summed E-state index contributed by atoms with van der Waals surface area (Å²) in [6, 6.07) is 26.5. The normalized spacial score (nSPS) is 20.5. The molecule has 3 fully saturated rings. The monoisotopic (exact) mass is 1910 g/mol. The summed E-state index contributed by atoms with van der Waals surface area (Å²) in [5, 5.41) is 24.6. The SMILES string of the molecule is CC(C)(C)OC(=O)OC(=O)OC(C)(C)C.CCC(C[C@H]1CCc2sc3ncnc(N(Cc4ccc(OC)cc4)C4CCC(N(C)C(=O)OC(C)(C)C)CC4)c3c21)OC.CCC(O)C[C@H]1CCc2sc3ncnc(N(Cc4ccc(OC)cc4)C4CCC(CC(=O)OC(C)(C)C)CC4)c3c21.CCC(O)C[C@H]1CCc2sc3ncnc(N(Cc4ccc(OC)cc4)C4CCC(N)CC4)c3c21.[H-].[Na+]. The Hall–Kier alpha value is -8.10. The third-order valence-electron chi connectivity index (χ3n) is 26.5. The second-order valence-corrected chi connectivity index (χ2v) is 44.1. The molecular formula is C104H148N11NaO15S3. The van der Waals surface area contributed by atoms with Crippen LogP contribution in [0, 0.1) is 5.92 Å². The van der Waals surface area contributed by atoms with Gasteiger partial charge in [-0.05, 0) is 331 Å². The van der Waals surface area contributed by atoms with Gasteiger partial charge in [-0.3, -0.25) is 4.79 Å². The molecule has 3 aromatic carbocycles. The number of carbonyl (C=O) groups excluding carboxylic acids is 4. The number of nitrogens with zero attached hydrogens (tertiary/aromatic N) is 10. The second-order valence-electron chi connectivity index (χ2n) is 40.8. The van der Waals surface area contributed by atoms with Gasteiger partial charge in [-0.25, -0.2) is 44.3 Å². The Morgan fingerprint density at radius 2 is 0.754 bits per heavy atom. The number of amides is 1. The number of anilines is 3. The number of aliphatic hydroxyl groups excluding tert-OH is 2. The minimum Gasteiger partial charge on any atom is -1.00 e. The molecule has 0 radical (unpaired) electrons. The number of nitrogens with two attached hydrogens (primary N) is 1. The number of rotatable bonds is 28. The Bertz CT molecular complexity index is 5260. The second kappa shape index (κ2) is 48.0. The van der Waals surface area contributed by atoms with Gasteiger partial charge in [0.25, 0.3) is 0 Å². The third-order valence-corrected chi connectivity index (χ3v) is 30.0. The Morgan fingerprint density at radius 3 is 1.07 bits per heavy atom. The van der Waals surface area contributed by atoms with Crippen molar-refractivity contribution in [2.45, 2.75) is 373 Å². The van der Waals surface area contributed by atoms with Crippen LogP contribution in [0.1, 0.15) is 312 Å². The number of aromatic nitrogens is 6. The molecule has 6 heterocycles. The van der Waals surface area contributed by atoms with E-state index in [2.05, 4.69) is 81.6 Å². The molecule has 728 valence electrons. The van der Waals surface area contributed by atoms with Crippen LogP contribution in [-0.4, -0.2) is 176 Å². The molecular weight excluding hydrogens is 1760 g/mol. The topological polar surface area (TPSA) is 308 Å². The fraction of sp³-hybridized carbons (Fsp3) is 0.615. The fourth-order valence-electron chi connectivity index (χ4n) is 19.7. The van der Waals surface area contributed by atoms with E-state index in [0.29, 0.717) is 54.3 Å². The van der Waals surface area contributed by atoms with Crippen LogP contribution in [0.3, 0.4) is 0 Å². The number of fused-ring (bicyclic) bond motifs is 9. The van der Waals surface area contributed by atoms with Crippen LogP contribution in [0.4, 0.5) is 31.8 Å². The molecule has 6 aliphatic carbocycles. The predicted octanol–water partition coefficient (Wildman–Crippen LogP) is 20.1. The number of thiophene rings is 3. The molecule has 9 aromatic rings. The van der Waals surface area contributed by atoms with Crippen LogP contribution < -0.4 is 64.2 Å². The molecule has 0 aliphatic heterocycles. The molecule has 6 aliphatic rings. The first-order chi connectivity index (χ1) is 63.3. The number of aliphatic hydroxyl groups is 2. The van der Waals surface area contributed by atoms with Gasteiger partial charge in [0.15, 0.2) is 0 Å². The van der Waals surface area contributed by atoms with Crippen molar-refractivity contribution in [3.63, 3.8) is 0 Å². The maximum absolute atomic E-state index is 12.8. The average Bonchev–Trinajstić information content (AvgIpc) is 1.60. The summed E-state index contributed by atoms with van der Waals surface area (Å²) in [4.78, 5) is 93.3. The van der Waals surface area contributed by atoms with Crippen molar-refractivity contribution in [1.82, 2.24) is 34.8 Å². The maximum atomic E-state index is 12.8. The number of carbonyl (C=O) groups is 4. The van der Waals surface area contributed by atoms with Crippen LogP contribution in [-0.2, 0) is 72.1 Å². The molecule has 1 amide bonds. The van der Waals surface area contributed by atoms with Crippen molar-refractivity contribution in [2.24, 2.45) is 11.7 Å². The standard InChI is InChI=1S/C34H48N4O4S.C33H45N3O4S.C27H36N4O2S.C10H18O5.Na.H/c1-8-26(40-6)19-23-11-18-28-29(23)30-31(35-21-36-32(30)43-28)38(20-22-9-16-27(41-7)17-10-22)25-14-12-24(13-15-25)37(5)33(39)42-34(2,3)4;1-6-25(37)18-23-11-16-27-29(23)30-31(34-20-35-32(30)41-27)36(19-22-9-14-26(39-5)15-10-22)24-12-7-21(8-13-24)17-28(38)40-33(2,3)4;1-3-21(32)14-18-6-13-23-24(18)25-26(29-16-30-27(25)34-23)31(20-9-7-19(28)8-10-20)15-17-4-11-22(33-2)12-5-17;1-9(2,3)14-7(11)13-8(12)15-10(4,5)6;;/h9-10,16-17,21,23-26H,8,11-15,18-20H2,1-7H3;9-10,14-15,20-21,23-25,37H,6-8,11-13,16-19H2,1-5H3;4-5,11-12,16,18-21,32H,3,6-10,13-15,28H2,1-2H3;1-6H3;;/q;;;;+1;-1/t23-,24?,25?,26?;21?,23-,24?,25?;18-,19?,20?,21?;;;/m111.../s1. The summed E-state index contributed by atoms with van der Waals surface area (Å²) in [7, 11) is 8.80. The molecule has 0 bridgehead atoms. The van der Waals surface area contributed by atoms with E-state index in [0.717, 1.165) is 223 Å². The van der Waals surface area contributed by atoms with Gasteiger partial charge in [0, 0.05) is 85.1 Å². The molecule has 0 saturated heterocycles. The predicted molar refractivity (Wildman–Crippen MR) is 532 cm³/mol. The van der Waals surface area contributed by atoms with E-state index in [1.165, 1.54) is 64.2 Å². The summed E-state index contributed by atoms with van der Waals surface area (Å²) >= 11 is 5.46.